The molecule has 7 N–H and O–H groups in total. The molecule has 1 saturated heterocycles. The van der Waals surface area contributed by atoms with Crippen LogP contribution in [0.3, 0.4) is 0 Å². The van der Waals surface area contributed by atoms with Gasteiger partial charge in [0.1, 0.15) is 42.0 Å². The molecule has 0 spiro atoms. The molecule has 5 atom stereocenters. The summed E-state index contributed by atoms with van der Waals surface area (Å²) in [6.45, 7) is 0.578. The summed E-state index contributed by atoms with van der Waals surface area (Å²) in [6.07, 6.45) is -8.67. The molecule has 0 aliphatic carbocycles. The van der Waals surface area contributed by atoms with Gasteiger partial charge in [-0.25, -0.2) is 0 Å². The van der Waals surface area contributed by atoms with Crippen LogP contribution < -0.4 is 14.9 Å². The maximum Gasteiger partial charge on any atom is 0.302 e. The van der Waals surface area contributed by atoms with Gasteiger partial charge in [-0.3, -0.25) is 9.59 Å². The number of ether oxygens (including phenoxy) is 4. The molecule has 2 heterocycles. The summed E-state index contributed by atoms with van der Waals surface area (Å²) >= 11 is 0. The highest BCUT2D eigenvalue weighted by atomic mass is 16.7. The Hall–Kier alpha value is -4.24. The van der Waals surface area contributed by atoms with Gasteiger partial charge in [0.25, 0.3) is 0 Å². The Balaban J connectivity index is 1.88. The number of hydrogen-bond donors (Lipinski definition) is 7. The Morgan fingerprint density at radius 1 is 0.947 bits per heavy atom. The lowest BCUT2D eigenvalue weighted by molar-refractivity contribution is -0.278. The van der Waals surface area contributed by atoms with Gasteiger partial charge in [-0.05, 0) is 18.2 Å². The summed E-state index contributed by atoms with van der Waals surface area (Å²) < 4.78 is 26.6. The normalized spacial score (nSPS) is 23.2. The number of esters is 1. The monoisotopic (exact) mass is 536 g/mol. The van der Waals surface area contributed by atoms with Crippen molar-refractivity contribution in [2.45, 2.75) is 37.6 Å². The molecule has 0 saturated carbocycles. The fraction of sp³-hybridized carbons (Fsp3) is 0.333. The Labute approximate surface area is 213 Å². The summed E-state index contributed by atoms with van der Waals surface area (Å²) in [5.74, 6) is -4.68. The van der Waals surface area contributed by atoms with E-state index in [9.17, 15) is 45.3 Å². The molecule has 4 rings (SSSR count). The van der Waals surface area contributed by atoms with Gasteiger partial charge in [0, 0.05) is 18.6 Å². The first kappa shape index (κ1) is 26.8. The van der Waals surface area contributed by atoms with Gasteiger partial charge in [-0.1, -0.05) is 0 Å². The number of benzene rings is 2. The predicted octanol–water partition coefficient (Wildman–Crippen LogP) is 0.0405. The summed E-state index contributed by atoms with van der Waals surface area (Å²) in [7, 11) is 1.13. The van der Waals surface area contributed by atoms with Gasteiger partial charge in [-0.2, -0.15) is 0 Å². The lowest BCUT2D eigenvalue weighted by atomic mass is 9.99. The number of hydrogen-bond acceptors (Lipinski definition) is 14. The van der Waals surface area contributed by atoms with E-state index in [0.717, 1.165) is 32.2 Å². The molecule has 38 heavy (non-hydrogen) atoms. The zero-order chi connectivity index (χ0) is 27.9. The molecule has 204 valence electrons. The molecule has 1 aliphatic heterocycles. The first-order chi connectivity index (χ1) is 17.9. The fourth-order valence-corrected chi connectivity index (χ4v) is 3.92. The number of phenols is 4. The van der Waals surface area contributed by atoms with E-state index in [0.29, 0.717) is 0 Å². The van der Waals surface area contributed by atoms with Crippen LogP contribution in [0.15, 0.2) is 33.5 Å². The second-order valence-electron chi connectivity index (χ2n) is 8.38. The first-order valence-electron chi connectivity index (χ1n) is 11.1. The van der Waals surface area contributed by atoms with Crippen molar-refractivity contribution < 1.29 is 63.9 Å². The highest BCUT2D eigenvalue weighted by molar-refractivity contribution is 5.91. The van der Waals surface area contributed by atoms with Crippen LogP contribution in [0.25, 0.3) is 22.3 Å². The molecule has 0 unspecified atom stereocenters. The van der Waals surface area contributed by atoms with E-state index < -0.39 is 94.4 Å². The van der Waals surface area contributed by atoms with Gasteiger partial charge in [0.2, 0.25) is 23.2 Å². The van der Waals surface area contributed by atoms with E-state index in [1.54, 1.807) is 0 Å². The predicted molar refractivity (Wildman–Crippen MR) is 125 cm³/mol. The smallest absolute Gasteiger partial charge is 0.302 e. The fourth-order valence-electron chi connectivity index (χ4n) is 3.92. The third kappa shape index (κ3) is 4.72. The van der Waals surface area contributed by atoms with Gasteiger partial charge < -0.3 is 59.1 Å². The van der Waals surface area contributed by atoms with Crippen molar-refractivity contribution in [2.24, 2.45) is 0 Å². The second kappa shape index (κ2) is 10.3. The molecule has 1 fully saturated rings. The van der Waals surface area contributed by atoms with Crippen molar-refractivity contribution in [1.29, 1.82) is 0 Å². The van der Waals surface area contributed by atoms with E-state index in [2.05, 4.69) is 0 Å². The van der Waals surface area contributed by atoms with Gasteiger partial charge in [0.05, 0.1) is 7.11 Å². The molecule has 0 radical (unpaired) electrons. The maximum absolute atomic E-state index is 13.6. The third-order valence-electron chi connectivity index (χ3n) is 5.85. The van der Waals surface area contributed by atoms with Crippen molar-refractivity contribution >= 4 is 16.9 Å². The van der Waals surface area contributed by atoms with E-state index >= 15 is 0 Å². The van der Waals surface area contributed by atoms with E-state index in [1.807, 2.05) is 0 Å². The van der Waals surface area contributed by atoms with Gasteiger partial charge in [-0.15, -0.1) is 0 Å². The van der Waals surface area contributed by atoms with Crippen LogP contribution >= 0.6 is 0 Å². The number of aliphatic hydroxyl groups is 3. The Bertz CT molecular complexity index is 1430. The quantitative estimate of drug-likeness (QED) is 0.163. The minimum absolute atomic E-state index is 0.0218. The van der Waals surface area contributed by atoms with Crippen LogP contribution in [0.4, 0.5) is 0 Å². The van der Waals surface area contributed by atoms with E-state index in [4.69, 9.17) is 23.4 Å². The van der Waals surface area contributed by atoms with Crippen LogP contribution in [0.5, 0.6) is 34.5 Å². The average Bonchev–Trinajstić information content (AvgIpc) is 2.86. The van der Waals surface area contributed by atoms with Crippen molar-refractivity contribution in [3.05, 3.63) is 34.5 Å². The van der Waals surface area contributed by atoms with Crippen molar-refractivity contribution in [2.75, 3.05) is 13.7 Å². The van der Waals surface area contributed by atoms with Gasteiger partial charge in [0.15, 0.2) is 28.8 Å². The number of aromatic hydroxyl groups is 4. The summed E-state index contributed by atoms with van der Waals surface area (Å²) in [6, 6.07) is 4.35. The highest BCUT2D eigenvalue weighted by Crippen LogP contribution is 2.44. The number of carbonyl (C=O) groups is 1. The highest BCUT2D eigenvalue weighted by Gasteiger charge is 2.46. The Morgan fingerprint density at radius 3 is 2.29 bits per heavy atom. The second-order valence-corrected chi connectivity index (χ2v) is 8.38. The van der Waals surface area contributed by atoms with E-state index in [-0.39, 0.29) is 11.1 Å². The molecule has 1 aromatic heterocycles. The maximum atomic E-state index is 13.6. The number of carbonyl (C=O) groups excluding carboxylic acids is 1. The van der Waals surface area contributed by atoms with Crippen molar-refractivity contribution in [3.63, 3.8) is 0 Å². The lowest BCUT2D eigenvalue weighted by Crippen LogP contribution is -2.60. The van der Waals surface area contributed by atoms with Crippen LogP contribution in [-0.2, 0) is 14.3 Å². The minimum atomic E-state index is -1.92. The van der Waals surface area contributed by atoms with Crippen LogP contribution in [0.2, 0.25) is 0 Å². The zero-order valence-corrected chi connectivity index (χ0v) is 19.9. The molecule has 3 aromatic rings. The largest absolute Gasteiger partial charge is 0.504 e. The number of aliphatic hydroxyl groups excluding tert-OH is 3. The van der Waals surface area contributed by atoms with Crippen LogP contribution in [-0.4, -0.2) is 86.1 Å². The number of rotatable bonds is 6. The molecule has 2 aromatic carbocycles. The van der Waals surface area contributed by atoms with Crippen molar-refractivity contribution in [1.82, 2.24) is 0 Å². The third-order valence-corrected chi connectivity index (χ3v) is 5.85. The van der Waals surface area contributed by atoms with Crippen LogP contribution in [0.1, 0.15) is 6.92 Å². The summed E-state index contributed by atoms with van der Waals surface area (Å²) in [5, 5.41) is 71.0. The zero-order valence-electron chi connectivity index (χ0n) is 19.9. The SMILES string of the molecule is COc1c(O)cc2oc(-c3ccc(O)c(O)c3)c(O[C@@H]3O[C@H](COC(C)=O)[C@@H](O)[C@H](O)[C@H]3O)c(=O)c2c1O. The topological polar surface area (TPSA) is 226 Å². The minimum Gasteiger partial charge on any atom is -0.504 e. The Kier molecular flexibility index (Phi) is 7.24. The first-order valence-corrected chi connectivity index (χ1v) is 11.1. The van der Waals surface area contributed by atoms with Crippen molar-refractivity contribution in [3.8, 4) is 45.8 Å². The van der Waals surface area contributed by atoms with Crippen LogP contribution in [0, 0.1) is 0 Å². The molecular weight excluding hydrogens is 512 g/mol. The molecule has 0 bridgehead atoms. The molecule has 0 amide bonds. The molecule has 1 aliphatic rings. The number of fused-ring (bicyclic) bond motifs is 1. The summed E-state index contributed by atoms with van der Waals surface area (Å²) in [5.41, 5.74) is -1.39. The summed E-state index contributed by atoms with van der Waals surface area (Å²) in [4.78, 5) is 24.8. The molecule has 14 heteroatoms. The average molecular weight is 536 g/mol. The number of methoxy groups -OCH3 is 1. The molecule has 14 nitrogen and oxygen atoms in total. The van der Waals surface area contributed by atoms with E-state index in [1.165, 1.54) is 6.07 Å². The number of phenolic OH excluding ortho intramolecular Hbond substituents is 4. The van der Waals surface area contributed by atoms with Gasteiger partial charge >= 0.3 is 5.97 Å². The lowest BCUT2D eigenvalue weighted by Gasteiger charge is -2.39. The standard InChI is InChI=1S/C24H24O14/c1-8(25)35-7-14-16(29)19(32)20(33)24(37-14)38-23-18(31)15-13(6-12(28)22(34-2)17(15)30)36-21(23)9-3-4-10(26)11(27)5-9/h3-6,14,16,19-20,24,26-30,32-33H,7H2,1-2H3/t14-,16-,19+,20-,24+/m1/s1. The molecular formula is C24H24O14. The Morgan fingerprint density at radius 2 is 1.66 bits per heavy atom.